The van der Waals surface area contributed by atoms with Crippen LogP contribution in [-0.4, -0.2) is 22.1 Å². The molecular weight excluding hydrogens is 414 g/mol. The number of hydrogen-bond donors (Lipinski definition) is 3. The summed E-state index contributed by atoms with van der Waals surface area (Å²) in [4.78, 5) is 24.3. The van der Waals surface area contributed by atoms with Crippen LogP contribution in [0.4, 0.5) is 5.69 Å². The molecule has 178 valence electrons. The smallest absolute Gasteiger partial charge is 0.307 e. The van der Waals surface area contributed by atoms with Gasteiger partial charge in [-0.2, -0.15) is 0 Å². The molecule has 0 spiro atoms. The normalized spacial score (nSPS) is 19.2. The van der Waals surface area contributed by atoms with E-state index in [2.05, 4.69) is 46.9 Å². The van der Waals surface area contributed by atoms with Crippen molar-refractivity contribution in [2.75, 3.05) is 5.32 Å². The average molecular weight is 452 g/mol. The minimum absolute atomic E-state index is 0.214. The van der Waals surface area contributed by atoms with E-state index in [1.807, 2.05) is 36.4 Å². The highest BCUT2D eigenvalue weighted by Crippen LogP contribution is 2.42. The first kappa shape index (κ1) is 24.8. The fourth-order valence-corrected chi connectivity index (χ4v) is 4.67. The standard InChI is InChI=1S/C28H37NO4/c1-27(2,3)22-15-18(16-23(24(22)30)28(4,5)6)17-11-13-19(14-12-17)29-25(31)20-9-7-8-10-21(20)26(32)33/h11-16,20-21,30H,7-10H2,1-6H3,(H,29,31)(H,32,33)/t20-,21+/m1/s1. The molecule has 1 fully saturated rings. The third-order valence-electron chi connectivity index (χ3n) is 6.63. The molecule has 0 aromatic heterocycles. The van der Waals surface area contributed by atoms with Crippen molar-refractivity contribution in [3.05, 3.63) is 47.5 Å². The van der Waals surface area contributed by atoms with Crippen molar-refractivity contribution < 1.29 is 19.8 Å². The lowest BCUT2D eigenvalue weighted by Gasteiger charge is -2.28. The van der Waals surface area contributed by atoms with Crippen LogP contribution in [0.2, 0.25) is 0 Å². The Morgan fingerprint density at radius 1 is 0.818 bits per heavy atom. The summed E-state index contributed by atoms with van der Waals surface area (Å²) in [5, 5.41) is 23.3. The van der Waals surface area contributed by atoms with Gasteiger partial charge in [0.1, 0.15) is 5.75 Å². The summed E-state index contributed by atoms with van der Waals surface area (Å²) in [5.41, 5.74) is 4.04. The molecule has 1 amide bonds. The second kappa shape index (κ2) is 9.20. The van der Waals surface area contributed by atoms with Crippen molar-refractivity contribution in [3.63, 3.8) is 0 Å². The quantitative estimate of drug-likeness (QED) is 0.496. The molecule has 0 radical (unpaired) electrons. The van der Waals surface area contributed by atoms with Gasteiger partial charge in [0, 0.05) is 16.8 Å². The molecular formula is C28H37NO4. The third-order valence-corrected chi connectivity index (χ3v) is 6.63. The lowest BCUT2D eigenvalue weighted by atomic mass is 9.77. The molecule has 5 nitrogen and oxygen atoms in total. The first-order valence-corrected chi connectivity index (χ1v) is 11.8. The Morgan fingerprint density at radius 2 is 1.30 bits per heavy atom. The number of carbonyl (C=O) groups is 2. The third kappa shape index (κ3) is 5.58. The number of phenolic OH excluding ortho intramolecular Hbond substituents is 1. The van der Waals surface area contributed by atoms with Crippen LogP contribution in [0.1, 0.15) is 78.4 Å². The molecule has 3 N–H and O–H groups in total. The fraction of sp³-hybridized carbons (Fsp3) is 0.500. The summed E-state index contributed by atoms with van der Waals surface area (Å²) in [6.45, 7) is 12.5. The van der Waals surface area contributed by atoms with Gasteiger partial charge in [0.2, 0.25) is 5.91 Å². The molecule has 0 unspecified atom stereocenters. The van der Waals surface area contributed by atoms with Crippen LogP contribution in [0.3, 0.4) is 0 Å². The first-order valence-electron chi connectivity index (χ1n) is 11.8. The highest BCUT2D eigenvalue weighted by Gasteiger charge is 2.35. The van der Waals surface area contributed by atoms with Gasteiger partial charge < -0.3 is 15.5 Å². The molecule has 0 bridgehead atoms. The number of amides is 1. The number of carboxylic acid groups (broad SMARTS) is 1. The van der Waals surface area contributed by atoms with Crippen molar-refractivity contribution in [2.45, 2.75) is 78.1 Å². The van der Waals surface area contributed by atoms with E-state index in [0.717, 1.165) is 35.1 Å². The maximum Gasteiger partial charge on any atom is 0.307 e. The van der Waals surface area contributed by atoms with Gasteiger partial charge in [-0.1, -0.05) is 66.5 Å². The van der Waals surface area contributed by atoms with E-state index in [9.17, 15) is 19.8 Å². The number of phenols is 1. The molecule has 2 aromatic rings. The van der Waals surface area contributed by atoms with Crippen LogP contribution in [0.15, 0.2) is 36.4 Å². The highest BCUT2D eigenvalue weighted by atomic mass is 16.4. The highest BCUT2D eigenvalue weighted by molar-refractivity contribution is 5.95. The Kier molecular flexibility index (Phi) is 6.92. The summed E-state index contributed by atoms with van der Waals surface area (Å²) in [7, 11) is 0. The van der Waals surface area contributed by atoms with Gasteiger partial charge in [-0.25, -0.2) is 0 Å². The van der Waals surface area contributed by atoms with Gasteiger partial charge in [0.25, 0.3) is 0 Å². The van der Waals surface area contributed by atoms with Crippen LogP contribution in [0, 0.1) is 11.8 Å². The number of aromatic hydroxyl groups is 1. The average Bonchev–Trinajstić information content (AvgIpc) is 2.72. The van der Waals surface area contributed by atoms with Gasteiger partial charge in [0.15, 0.2) is 0 Å². The van der Waals surface area contributed by atoms with Gasteiger partial charge in [-0.15, -0.1) is 0 Å². The molecule has 1 aliphatic carbocycles. The van der Waals surface area contributed by atoms with E-state index in [1.165, 1.54) is 0 Å². The number of aliphatic carboxylic acids is 1. The van der Waals surface area contributed by atoms with Gasteiger partial charge >= 0.3 is 5.97 Å². The summed E-state index contributed by atoms with van der Waals surface area (Å²) in [6, 6.07) is 11.7. The maximum absolute atomic E-state index is 12.8. The fourth-order valence-electron chi connectivity index (χ4n) is 4.67. The van der Waals surface area contributed by atoms with E-state index < -0.39 is 17.8 Å². The largest absolute Gasteiger partial charge is 0.507 e. The topological polar surface area (TPSA) is 86.6 Å². The minimum Gasteiger partial charge on any atom is -0.507 e. The number of hydrogen-bond acceptors (Lipinski definition) is 3. The number of carbonyl (C=O) groups excluding carboxylic acids is 1. The van der Waals surface area contributed by atoms with E-state index in [4.69, 9.17) is 0 Å². The SMILES string of the molecule is CC(C)(C)c1cc(-c2ccc(NC(=O)[C@@H]3CCCC[C@@H]3C(=O)O)cc2)cc(C(C)(C)C)c1O. The van der Waals surface area contributed by atoms with E-state index >= 15 is 0 Å². The molecule has 3 rings (SSSR count). The predicted octanol–water partition coefficient (Wildman–Crippen LogP) is 6.48. The number of rotatable bonds is 4. The van der Waals surface area contributed by atoms with Gasteiger partial charge in [-0.05, 0) is 59.1 Å². The van der Waals surface area contributed by atoms with E-state index in [1.54, 1.807) is 0 Å². The lowest BCUT2D eigenvalue weighted by molar-refractivity contribution is -0.147. The van der Waals surface area contributed by atoms with Crippen LogP contribution >= 0.6 is 0 Å². The Balaban J connectivity index is 1.88. The zero-order valence-electron chi connectivity index (χ0n) is 20.7. The van der Waals surface area contributed by atoms with E-state index in [-0.39, 0.29) is 16.7 Å². The van der Waals surface area contributed by atoms with Gasteiger partial charge in [0.05, 0.1) is 11.8 Å². The summed E-state index contributed by atoms with van der Waals surface area (Å²) in [6.07, 6.45) is 2.90. The molecule has 2 atom stereocenters. The van der Waals surface area contributed by atoms with E-state index in [0.29, 0.717) is 24.3 Å². The number of nitrogens with one attached hydrogen (secondary N) is 1. The van der Waals surface area contributed by atoms with Crippen molar-refractivity contribution in [1.82, 2.24) is 0 Å². The van der Waals surface area contributed by atoms with Crippen molar-refractivity contribution in [3.8, 4) is 16.9 Å². The maximum atomic E-state index is 12.8. The molecule has 0 aliphatic heterocycles. The minimum atomic E-state index is -0.887. The zero-order chi connectivity index (χ0) is 24.6. The summed E-state index contributed by atoms with van der Waals surface area (Å²) in [5.74, 6) is -1.85. The molecule has 1 aliphatic rings. The number of benzene rings is 2. The lowest BCUT2D eigenvalue weighted by Crippen LogP contribution is -2.36. The predicted molar refractivity (Wildman–Crippen MR) is 133 cm³/mol. The molecule has 5 heteroatoms. The van der Waals surface area contributed by atoms with Crippen LogP contribution in [0.25, 0.3) is 11.1 Å². The Hall–Kier alpha value is -2.82. The van der Waals surface area contributed by atoms with Crippen molar-refractivity contribution in [1.29, 1.82) is 0 Å². The molecule has 2 aromatic carbocycles. The molecule has 1 saturated carbocycles. The van der Waals surface area contributed by atoms with Crippen LogP contribution < -0.4 is 5.32 Å². The Morgan fingerprint density at radius 3 is 1.76 bits per heavy atom. The monoisotopic (exact) mass is 451 g/mol. The molecule has 0 saturated heterocycles. The van der Waals surface area contributed by atoms with Crippen molar-refractivity contribution in [2.24, 2.45) is 11.8 Å². The van der Waals surface area contributed by atoms with Crippen LogP contribution in [0.5, 0.6) is 5.75 Å². The summed E-state index contributed by atoms with van der Waals surface area (Å²) >= 11 is 0. The number of anilines is 1. The Bertz CT molecular complexity index is 990. The second-order valence-electron chi connectivity index (χ2n) is 11.3. The van der Waals surface area contributed by atoms with Gasteiger partial charge in [-0.3, -0.25) is 9.59 Å². The number of carboxylic acids is 1. The first-order chi connectivity index (χ1) is 15.3. The molecule has 33 heavy (non-hydrogen) atoms. The molecule has 0 heterocycles. The summed E-state index contributed by atoms with van der Waals surface area (Å²) < 4.78 is 0. The second-order valence-corrected chi connectivity index (χ2v) is 11.3. The van der Waals surface area contributed by atoms with Crippen LogP contribution in [-0.2, 0) is 20.4 Å². The zero-order valence-corrected chi connectivity index (χ0v) is 20.7. The van der Waals surface area contributed by atoms with Crippen molar-refractivity contribution >= 4 is 17.6 Å². The Labute approximate surface area is 197 Å².